The maximum Gasteiger partial charge on any atom is 0.210 e. The predicted molar refractivity (Wildman–Crippen MR) is 66.2 cm³/mol. The van der Waals surface area contributed by atoms with Crippen molar-refractivity contribution < 1.29 is 13.5 Å². The lowest BCUT2D eigenvalue weighted by Gasteiger charge is -2.05. The number of benzene rings is 1. The molecular weight excluding hydrogens is 236 g/mol. The van der Waals surface area contributed by atoms with Gasteiger partial charge in [0.25, 0.3) is 0 Å². The van der Waals surface area contributed by atoms with Gasteiger partial charge in [-0.15, -0.1) is 0 Å². The second-order valence-electron chi connectivity index (χ2n) is 3.61. The Bertz CT molecular complexity index is 593. The van der Waals surface area contributed by atoms with Crippen LogP contribution >= 0.6 is 0 Å². The summed E-state index contributed by atoms with van der Waals surface area (Å²) in [5.41, 5.74) is 0. The molecule has 0 spiro atoms. The lowest BCUT2D eigenvalue weighted by atomic mass is 10.4. The molecule has 0 saturated carbocycles. The quantitative estimate of drug-likeness (QED) is 0.875. The summed E-state index contributed by atoms with van der Waals surface area (Å²) in [6.45, 7) is 0. The van der Waals surface area contributed by atoms with E-state index in [2.05, 4.69) is 0 Å². The van der Waals surface area contributed by atoms with E-state index < -0.39 is 9.84 Å². The molecular formula is C13H12O3S. The highest BCUT2D eigenvalue weighted by Crippen LogP contribution is 2.24. The van der Waals surface area contributed by atoms with E-state index in [4.69, 9.17) is 0 Å². The minimum Gasteiger partial charge on any atom is -0.507 e. The molecule has 1 aromatic rings. The standard InChI is InChI=1S/C13H12O3S/c14-12-9-5-2-6-10-13(12)17(15,16)11-7-3-1-4-8-11/h1,3-10,14H,2H2. The maximum absolute atomic E-state index is 12.2. The average Bonchev–Trinajstić information content (AvgIpc) is 2.55. The molecule has 0 aliphatic heterocycles. The highest BCUT2D eigenvalue weighted by Gasteiger charge is 2.21. The van der Waals surface area contributed by atoms with E-state index in [9.17, 15) is 13.5 Å². The topological polar surface area (TPSA) is 54.4 Å². The highest BCUT2D eigenvalue weighted by molar-refractivity contribution is 7.95. The van der Waals surface area contributed by atoms with Crippen LogP contribution in [0.2, 0.25) is 0 Å². The number of rotatable bonds is 2. The first-order chi connectivity index (χ1) is 8.12. The average molecular weight is 248 g/mol. The maximum atomic E-state index is 12.2. The zero-order valence-corrected chi connectivity index (χ0v) is 9.89. The molecule has 1 aliphatic rings. The Labute approximate surface area is 100 Å². The van der Waals surface area contributed by atoms with Crippen molar-refractivity contribution in [2.24, 2.45) is 0 Å². The number of allylic oxidation sites excluding steroid dienone is 4. The summed E-state index contributed by atoms with van der Waals surface area (Å²) in [7, 11) is -3.64. The minimum atomic E-state index is -3.64. The zero-order chi connectivity index (χ0) is 12.3. The summed E-state index contributed by atoms with van der Waals surface area (Å²) in [6.07, 6.45) is 6.88. The minimum absolute atomic E-state index is 0.0579. The number of aliphatic hydroxyl groups is 1. The number of hydrogen-bond acceptors (Lipinski definition) is 3. The van der Waals surface area contributed by atoms with Gasteiger partial charge in [0, 0.05) is 0 Å². The van der Waals surface area contributed by atoms with E-state index in [0.29, 0.717) is 6.42 Å². The van der Waals surface area contributed by atoms with Crippen molar-refractivity contribution in [1.82, 2.24) is 0 Å². The molecule has 3 nitrogen and oxygen atoms in total. The molecule has 2 rings (SSSR count). The number of sulfone groups is 1. The van der Waals surface area contributed by atoms with Gasteiger partial charge in [-0.3, -0.25) is 0 Å². The van der Waals surface area contributed by atoms with Crippen molar-refractivity contribution in [3.63, 3.8) is 0 Å². The van der Waals surface area contributed by atoms with E-state index in [0.717, 1.165) is 0 Å². The van der Waals surface area contributed by atoms with Crippen LogP contribution in [0.4, 0.5) is 0 Å². The molecule has 17 heavy (non-hydrogen) atoms. The van der Waals surface area contributed by atoms with Crippen LogP contribution in [0.25, 0.3) is 0 Å². The van der Waals surface area contributed by atoms with Gasteiger partial charge in [0.2, 0.25) is 9.84 Å². The van der Waals surface area contributed by atoms with Gasteiger partial charge in [-0.05, 0) is 30.7 Å². The second-order valence-corrected chi connectivity index (χ2v) is 5.52. The molecule has 0 amide bonds. The van der Waals surface area contributed by atoms with Crippen molar-refractivity contribution >= 4 is 9.84 Å². The van der Waals surface area contributed by atoms with E-state index in [1.54, 1.807) is 30.4 Å². The fraction of sp³-hybridized carbons (Fsp3) is 0.0769. The molecule has 0 bridgehead atoms. The predicted octanol–water partition coefficient (Wildman–Crippen LogP) is 2.75. The fourth-order valence-corrected chi connectivity index (χ4v) is 2.94. The molecule has 88 valence electrons. The lowest BCUT2D eigenvalue weighted by molar-refractivity contribution is 0.430. The zero-order valence-electron chi connectivity index (χ0n) is 9.08. The van der Waals surface area contributed by atoms with Gasteiger partial charge in [0.1, 0.15) is 10.7 Å². The largest absolute Gasteiger partial charge is 0.507 e. The lowest BCUT2D eigenvalue weighted by Crippen LogP contribution is -2.05. The molecule has 0 saturated heterocycles. The van der Waals surface area contributed by atoms with Crippen LogP contribution < -0.4 is 0 Å². The normalized spacial score (nSPS) is 16.0. The molecule has 0 aromatic heterocycles. The van der Waals surface area contributed by atoms with Gasteiger partial charge in [-0.25, -0.2) is 8.42 Å². The first kappa shape index (κ1) is 11.7. The fourth-order valence-electron chi connectivity index (χ4n) is 1.55. The van der Waals surface area contributed by atoms with Crippen LogP contribution in [0.1, 0.15) is 6.42 Å². The van der Waals surface area contributed by atoms with Gasteiger partial charge < -0.3 is 5.11 Å². The van der Waals surface area contributed by atoms with Gasteiger partial charge in [0.15, 0.2) is 0 Å². The Morgan fingerprint density at radius 2 is 1.65 bits per heavy atom. The summed E-state index contributed by atoms with van der Waals surface area (Å²) in [4.78, 5) is 0.124. The summed E-state index contributed by atoms with van der Waals surface area (Å²) >= 11 is 0. The Hall–Kier alpha value is -1.81. The van der Waals surface area contributed by atoms with Crippen molar-refractivity contribution in [2.75, 3.05) is 0 Å². The SMILES string of the molecule is O=S(=O)(C1=C(O)C=CCC=C1)c1ccccc1. The van der Waals surface area contributed by atoms with Gasteiger partial charge in [0.05, 0.1) is 4.90 Å². The molecule has 0 atom stereocenters. The van der Waals surface area contributed by atoms with Gasteiger partial charge in [-0.1, -0.05) is 30.4 Å². The summed E-state index contributed by atoms with van der Waals surface area (Å²) < 4.78 is 24.5. The Kier molecular flexibility index (Phi) is 3.15. The van der Waals surface area contributed by atoms with Crippen LogP contribution in [-0.4, -0.2) is 13.5 Å². The van der Waals surface area contributed by atoms with E-state index >= 15 is 0 Å². The van der Waals surface area contributed by atoms with Crippen LogP contribution in [0.5, 0.6) is 0 Å². The van der Waals surface area contributed by atoms with Gasteiger partial charge >= 0.3 is 0 Å². The van der Waals surface area contributed by atoms with Gasteiger partial charge in [-0.2, -0.15) is 0 Å². The molecule has 1 aromatic carbocycles. The Morgan fingerprint density at radius 3 is 2.35 bits per heavy atom. The van der Waals surface area contributed by atoms with Crippen LogP contribution in [0, 0.1) is 0 Å². The summed E-state index contributed by atoms with van der Waals surface area (Å²) in [6, 6.07) is 8.08. The van der Waals surface area contributed by atoms with Crippen LogP contribution in [0.3, 0.4) is 0 Å². The molecule has 0 heterocycles. The molecule has 1 aliphatic carbocycles. The highest BCUT2D eigenvalue weighted by atomic mass is 32.2. The van der Waals surface area contributed by atoms with Crippen LogP contribution in [0.15, 0.2) is 70.2 Å². The third-order valence-electron chi connectivity index (χ3n) is 2.41. The smallest absolute Gasteiger partial charge is 0.210 e. The van der Waals surface area contributed by atoms with Crippen molar-refractivity contribution in [2.45, 2.75) is 11.3 Å². The van der Waals surface area contributed by atoms with E-state index in [1.807, 2.05) is 0 Å². The Morgan fingerprint density at radius 1 is 1.00 bits per heavy atom. The van der Waals surface area contributed by atoms with E-state index in [1.165, 1.54) is 24.3 Å². The summed E-state index contributed by atoms with van der Waals surface area (Å²) in [5.74, 6) is -0.220. The van der Waals surface area contributed by atoms with Crippen molar-refractivity contribution in [1.29, 1.82) is 0 Å². The molecule has 0 radical (unpaired) electrons. The third kappa shape index (κ3) is 2.31. The monoisotopic (exact) mass is 248 g/mol. The molecule has 0 fully saturated rings. The second kappa shape index (κ2) is 4.59. The molecule has 4 heteroatoms. The van der Waals surface area contributed by atoms with E-state index in [-0.39, 0.29) is 15.6 Å². The summed E-state index contributed by atoms with van der Waals surface area (Å²) in [5, 5.41) is 9.71. The van der Waals surface area contributed by atoms with Crippen molar-refractivity contribution in [3.05, 3.63) is 65.3 Å². The molecule has 0 unspecified atom stereocenters. The number of hydrogen-bond donors (Lipinski definition) is 1. The van der Waals surface area contributed by atoms with Crippen LogP contribution in [-0.2, 0) is 9.84 Å². The van der Waals surface area contributed by atoms with Crippen molar-refractivity contribution in [3.8, 4) is 0 Å². The first-order valence-corrected chi connectivity index (χ1v) is 6.67. The number of aliphatic hydroxyl groups excluding tert-OH is 1. The molecule has 1 N–H and O–H groups in total. The first-order valence-electron chi connectivity index (χ1n) is 5.19. The third-order valence-corrected chi connectivity index (χ3v) is 4.23. The Balaban J connectivity index is 2.57.